The van der Waals surface area contributed by atoms with Crippen molar-refractivity contribution in [1.82, 2.24) is 10.4 Å². The number of benzene rings is 1. The number of nitrogens with one attached hydrogen (secondary N) is 1. The molecule has 1 amide bonds. The fourth-order valence-electron chi connectivity index (χ4n) is 1.95. The Bertz CT molecular complexity index is 853. The number of carbonyl (C=O) groups is 1. The molecule has 0 atom stereocenters. The van der Waals surface area contributed by atoms with E-state index in [-0.39, 0.29) is 16.5 Å². The van der Waals surface area contributed by atoms with Crippen molar-refractivity contribution in [3.8, 4) is 16.5 Å². The Hall–Kier alpha value is -2.62. The molecule has 2 N–H and O–H groups in total. The van der Waals surface area contributed by atoms with Gasteiger partial charge in [-0.2, -0.15) is 18.3 Å². The minimum absolute atomic E-state index is 0.272. The standard InChI is InChI=1S/C17H18F3N3O3S/c1-9(22-23-15(25)26-16(2,3)4)12-13(24)21-14(27-12)10-5-7-11(8-6-10)17(18,19)20/h5-8,24H,1-4H3,(H,23,25)/b22-9+. The van der Waals surface area contributed by atoms with Gasteiger partial charge in [-0.05, 0) is 39.8 Å². The van der Waals surface area contributed by atoms with E-state index < -0.39 is 23.4 Å². The number of aromatic nitrogens is 1. The molecule has 10 heteroatoms. The second-order valence-electron chi connectivity index (χ2n) is 6.56. The third-order valence-electron chi connectivity index (χ3n) is 3.11. The summed E-state index contributed by atoms with van der Waals surface area (Å²) < 4.78 is 43.0. The third kappa shape index (κ3) is 5.68. The van der Waals surface area contributed by atoms with E-state index in [1.54, 1.807) is 27.7 Å². The molecule has 0 unspecified atom stereocenters. The van der Waals surface area contributed by atoms with Gasteiger partial charge in [-0.15, -0.1) is 11.3 Å². The molecule has 27 heavy (non-hydrogen) atoms. The van der Waals surface area contributed by atoms with Gasteiger partial charge in [0.2, 0.25) is 5.88 Å². The first-order chi connectivity index (χ1) is 12.4. The molecule has 0 saturated carbocycles. The molecule has 1 aromatic carbocycles. The van der Waals surface area contributed by atoms with Crippen LogP contribution in [0.25, 0.3) is 10.6 Å². The maximum absolute atomic E-state index is 12.6. The van der Waals surface area contributed by atoms with E-state index in [9.17, 15) is 23.1 Å². The first-order valence-electron chi connectivity index (χ1n) is 7.78. The number of thiazole rings is 1. The minimum Gasteiger partial charge on any atom is -0.492 e. The zero-order chi connectivity index (χ0) is 20.4. The summed E-state index contributed by atoms with van der Waals surface area (Å²) in [6.45, 7) is 6.65. The van der Waals surface area contributed by atoms with Crippen molar-refractivity contribution < 1.29 is 27.8 Å². The largest absolute Gasteiger partial charge is 0.492 e. The summed E-state index contributed by atoms with van der Waals surface area (Å²) in [4.78, 5) is 15.8. The molecule has 146 valence electrons. The molecule has 1 aromatic heterocycles. The Morgan fingerprint density at radius 2 is 1.81 bits per heavy atom. The molecular formula is C17H18F3N3O3S. The topological polar surface area (TPSA) is 83.8 Å². The van der Waals surface area contributed by atoms with Crippen LogP contribution in [0, 0.1) is 0 Å². The van der Waals surface area contributed by atoms with Crippen LogP contribution in [0.1, 0.15) is 38.1 Å². The molecule has 1 heterocycles. The Morgan fingerprint density at radius 1 is 1.22 bits per heavy atom. The number of hydrogen-bond donors (Lipinski definition) is 2. The predicted octanol–water partition coefficient (Wildman–Crippen LogP) is 4.78. The van der Waals surface area contributed by atoms with Gasteiger partial charge in [0.05, 0.1) is 11.3 Å². The van der Waals surface area contributed by atoms with Crippen molar-refractivity contribution in [1.29, 1.82) is 0 Å². The summed E-state index contributed by atoms with van der Waals surface area (Å²) in [5.41, 5.74) is 1.44. The number of rotatable bonds is 3. The summed E-state index contributed by atoms with van der Waals surface area (Å²) in [5, 5.41) is 14.2. The predicted molar refractivity (Wildman–Crippen MR) is 95.8 cm³/mol. The molecule has 0 saturated heterocycles. The van der Waals surface area contributed by atoms with Crippen LogP contribution in [-0.4, -0.2) is 27.5 Å². The summed E-state index contributed by atoms with van der Waals surface area (Å²) in [7, 11) is 0. The lowest BCUT2D eigenvalue weighted by Crippen LogP contribution is -2.30. The van der Waals surface area contributed by atoms with Gasteiger partial charge in [-0.1, -0.05) is 12.1 Å². The molecule has 0 aliphatic heterocycles. The van der Waals surface area contributed by atoms with Crippen molar-refractivity contribution >= 4 is 23.1 Å². The molecule has 0 spiro atoms. The van der Waals surface area contributed by atoms with Gasteiger partial charge in [0, 0.05) is 5.56 Å². The molecule has 0 fully saturated rings. The van der Waals surface area contributed by atoms with Gasteiger partial charge in [-0.3, -0.25) is 0 Å². The molecule has 2 rings (SSSR count). The van der Waals surface area contributed by atoms with E-state index in [1.165, 1.54) is 12.1 Å². The number of carbonyl (C=O) groups excluding carboxylic acids is 1. The number of nitrogens with zero attached hydrogens (tertiary/aromatic N) is 2. The van der Waals surface area contributed by atoms with Crippen LogP contribution in [0.4, 0.5) is 18.0 Å². The SMILES string of the molecule is C/C(=N\NC(=O)OC(C)(C)C)c1sc(-c2ccc(C(F)(F)F)cc2)nc1O. The number of amides is 1. The van der Waals surface area contributed by atoms with Crippen molar-refractivity contribution in [2.45, 2.75) is 39.5 Å². The maximum Gasteiger partial charge on any atom is 0.428 e. The van der Waals surface area contributed by atoms with Gasteiger partial charge in [-0.25, -0.2) is 15.2 Å². The molecule has 0 radical (unpaired) electrons. The number of hydrazone groups is 1. The van der Waals surface area contributed by atoms with E-state index in [0.717, 1.165) is 23.5 Å². The fraction of sp³-hybridized carbons (Fsp3) is 0.353. The number of ether oxygens (including phenoxy) is 1. The van der Waals surface area contributed by atoms with Crippen LogP contribution in [0.2, 0.25) is 0 Å². The molecule has 2 aromatic rings. The van der Waals surface area contributed by atoms with Crippen LogP contribution in [0.15, 0.2) is 29.4 Å². The minimum atomic E-state index is -4.43. The smallest absolute Gasteiger partial charge is 0.428 e. The highest BCUT2D eigenvalue weighted by atomic mass is 32.1. The first kappa shape index (κ1) is 20.7. The van der Waals surface area contributed by atoms with Crippen LogP contribution in [-0.2, 0) is 10.9 Å². The first-order valence-corrected chi connectivity index (χ1v) is 8.59. The Labute approximate surface area is 157 Å². The van der Waals surface area contributed by atoms with Gasteiger partial charge >= 0.3 is 12.3 Å². The zero-order valence-corrected chi connectivity index (χ0v) is 15.8. The van der Waals surface area contributed by atoms with E-state index in [4.69, 9.17) is 4.74 Å². The van der Waals surface area contributed by atoms with E-state index >= 15 is 0 Å². The monoisotopic (exact) mass is 401 g/mol. The molecule has 6 nitrogen and oxygen atoms in total. The van der Waals surface area contributed by atoms with Crippen molar-refractivity contribution in [2.75, 3.05) is 0 Å². The average molecular weight is 401 g/mol. The lowest BCUT2D eigenvalue weighted by atomic mass is 10.1. The van der Waals surface area contributed by atoms with Gasteiger partial charge in [0.15, 0.2) is 0 Å². The molecule has 0 aliphatic carbocycles. The van der Waals surface area contributed by atoms with Gasteiger partial charge in [0.1, 0.15) is 15.5 Å². The van der Waals surface area contributed by atoms with Crippen LogP contribution < -0.4 is 5.43 Å². The fourth-order valence-corrected chi connectivity index (χ4v) is 2.86. The Morgan fingerprint density at radius 3 is 2.33 bits per heavy atom. The zero-order valence-electron chi connectivity index (χ0n) is 15.0. The summed E-state index contributed by atoms with van der Waals surface area (Å²) >= 11 is 1.03. The maximum atomic E-state index is 12.6. The van der Waals surface area contributed by atoms with Crippen molar-refractivity contribution in [3.05, 3.63) is 34.7 Å². The van der Waals surface area contributed by atoms with Crippen molar-refractivity contribution in [2.24, 2.45) is 5.10 Å². The normalized spacial score (nSPS) is 12.8. The summed E-state index contributed by atoms with van der Waals surface area (Å²) in [5.74, 6) is -0.331. The molecule has 0 aliphatic rings. The second kappa shape index (κ2) is 7.55. The highest BCUT2D eigenvalue weighted by Gasteiger charge is 2.30. The highest BCUT2D eigenvalue weighted by Crippen LogP contribution is 2.34. The molecule has 0 bridgehead atoms. The van der Waals surface area contributed by atoms with E-state index in [2.05, 4.69) is 15.5 Å². The second-order valence-corrected chi connectivity index (χ2v) is 7.56. The van der Waals surface area contributed by atoms with Crippen LogP contribution in [0.5, 0.6) is 5.88 Å². The van der Waals surface area contributed by atoms with E-state index in [0.29, 0.717) is 10.6 Å². The number of aromatic hydroxyl groups is 1. The summed E-state index contributed by atoms with van der Waals surface area (Å²) in [6.07, 6.45) is -5.18. The van der Waals surface area contributed by atoms with Gasteiger partial charge < -0.3 is 9.84 Å². The number of halogens is 3. The lowest BCUT2D eigenvalue weighted by Gasteiger charge is -2.18. The number of alkyl halides is 3. The average Bonchev–Trinajstić information content (AvgIpc) is 2.92. The van der Waals surface area contributed by atoms with Gasteiger partial charge in [0.25, 0.3) is 0 Å². The lowest BCUT2D eigenvalue weighted by molar-refractivity contribution is -0.137. The highest BCUT2D eigenvalue weighted by molar-refractivity contribution is 7.17. The molecular weight excluding hydrogens is 383 g/mol. The van der Waals surface area contributed by atoms with Crippen LogP contribution in [0.3, 0.4) is 0 Å². The Balaban J connectivity index is 2.18. The van der Waals surface area contributed by atoms with E-state index in [1.807, 2.05) is 0 Å². The quantitative estimate of drug-likeness (QED) is 0.573. The van der Waals surface area contributed by atoms with Crippen LogP contribution >= 0.6 is 11.3 Å². The number of hydrogen-bond acceptors (Lipinski definition) is 6. The Kier molecular flexibility index (Phi) is 5.79. The third-order valence-corrected chi connectivity index (χ3v) is 4.31. The van der Waals surface area contributed by atoms with Crippen molar-refractivity contribution in [3.63, 3.8) is 0 Å². The summed E-state index contributed by atoms with van der Waals surface area (Å²) in [6, 6.07) is 4.43.